The molecule has 0 amide bonds. The fourth-order valence-electron chi connectivity index (χ4n) is 1.48. The summed E-state index contributed by atoms with van der Waals surface area (Å²) in [6.07, 6.45) is 0. The second-order valence-corrected chi connectivity index (χ2v) is 5.51. The second kappa shape index (κ2) is 4.94. The maximum Gasteiger partial charge on any atom is 0.241 e. The minimum Gasteiger partial charge on any atom is -0.484 e. The molecule has 2 N–H and O–H groups in total. The van der Waals surface area contributed by atoms with Crippen LogP contribution in [-0.2, 0) is 23.7 Å². The van der Waals surface area contributed by atoms with Gasteiger partial charge < -0.3 is 4.74 Å². The van der Waals surface area contributed by atoms with Crippen LogP contribution in [0.4, 0.5) is 0 Å². The van der Waals surface area contributed by atoms with Crippen molar-refractivity contribution >= 4 is 10.0 Å². The molecule has 2 aromatic rings. The predicted octanol–water partition coefficient (Wildman–Crippen LogP) is -0.255. The molecule has 0 fully saturated rings. The molecule has 0 aliphatic heterocycles. The van der Waals surface area contributed by atoms with Gasteiger partial charge in [0.25, 0.3) is 0 Å². The molecular weight excluding hydrogens is 270 g/mol. The number of aryl methyl sites for hydroxylation is 2. The molecule has 0 saturated heterocycles. The quantitative estimate of drug-likeness (QED) is 0.827. The number of rotatable bonds is 4. The molecule has 9 heteroatoms. The number of benzene rings is 1. The number of nitrogens with two attached hydrogens (primary N) is 1. The van der Waals surface area contributed by atoms with Crippen LogP contribution in [-0.4, -0.2) is 28.6 Å². The number of hydrogen-bond donors (Lipinski definition) is 1. The first kappa shape index (κ1) is 13.4. The third-order valence-corrected chi connectivity index (χ3v) is 3.24. The Morgan fingerprint density at radius 3 is 2.74 bits per heavy atom. The lowest BCUT2D eigenvalue weighted by molar-refractivity contribution is 0.287. The van der Waals surface area contributed by atoms with E-state index in [2.05, 4.69) is 15.4 Å². The van der Waals surface area contributed by atoms with Crippen LogP contribution in [0.25, 0.3) is 0 Å². The zero-order valence-electron chi connectivity index (χ0n) is 10.4. The van der Waals surface area contributed by atoms with Crippen LogP contribution < -0.4 is 9.88 Å². The molecule has 102 valence electrons. The van der Waals surface area contributed by atoms with Gasteiger partial charge in [-0.25, -0.2) is 13.6 Å². The van der Waals surface area contributed by atoms with Crippen LogP contribution in [0.1, 0.15) is 11.4 Å². The van der Waals surface area contributed by atoms with Gasteiger partial charge in [0.2, 0.25) is 15.8 Å². The zero-order chi connectivity index (χ0) is 14.0. The fraction of sp³-hybridized carbons (Fsp3) is 0.300. The smallest absolute Gasteiger partial charge is 0.241 e. The third-order valence-electron chi connectivity index (χ3n) is 2.31. The number of nitrogens with zero attached hydrogens (tertiary/aromatic N) is 4. The fourth-order valence-corrected chi connectivity index (χ4v) is 2.24. The Bertz CT molecular complexity index is 695. The van der Waals surface area contributed by atoms with E-state index in [1.807, 2.05) is 0 Å². The standard InChI is InChI=1S/C10H13N5O3S/c1-7-3-4-8(9(5-7)19(11,16)17)18-6-10-12-14-15(2)13-10/h3-5H,6H2,1-2H3,(H2,11,16,17). The molecule has 0 bridgehead atoms. The van der Waals surface area contributed by atoms with Crippen molar-refractivity contribution in [3.63, 3.8) is 0 Å². The first-order chi connectivity index (χ1) is 8.86. The van der Waals surface area contributed by atoms with Gasteiger partial charge in [0.15, 0.2) is 6.61 Å². The molecule has 0 unspecified atom stereocenters. The molecule has 1 heterocycles. The van der Waals surface area contributed by atoms with Crippen LogP contribution in [0.5, 0.6) is 5.75 Å². The normalized spacial score (nSPS) is 11.5. The highest BCUT2D eigenvalue weighted by atomic mass is 32.2. The maximum absolute atomic E-state index is 11.5. The number of aromatic nitrogens is 4. The number of tetrazole rings is 1. The van der Waals surface area contributed by atoms with Gasteiger partial charge in [0, 0.05) is 0 Å². The molecule has 0 atom stereocenters. The lowest BCUT2D eigenvalue weighted by Crippen LogP contribution is -2.14. The highest BCUT2D eigenvalue weighted by molar-refractivity contribution is 7.89. The maximum atomic E-state index is 11.5. The average molecular weight is 283 g/mol. The molecular formula is C10H13N5O3S. The summed E-state index contributed by atoms with van der Waals surface area (Å²) >= 11 is 0. The van der Waals surface area contributed by atoms with Crippen LogP contribution in [0.3, 0.4) is 0 Å². The van der Waals surface area contributed by atoms with E-state index in [-0.39, 0.29) is 17.3 Å². The predicted molar refractivity (Wildman–Crippen MR) is 65.7 cm³/mol. The Morgan fingerprint density at radius 2 is 2.16 bits per heavy atom. The van der Waals surface area contributed by atoms with Gasteiger partial charge in [-0.15, -0.1) is 10.2 Å². The summed E-state index contributed by atoms with van der Waals surface area (Å²) in [5.74, 6) is 0.518. The summed E-state index contributed by atoms with van der Waals surface area (Å²) in [4.78, 5) is 1.23. The molecule has 0 spiro atoms. The second-order valence-electron chi connectivity index (χ2n) is 3.98. The Hall–Kier alpha value is -2.00. The highest BCUT2D eigenvalue weighted by Gasteiger charge is 2.16. The third kappa shape index (κ3) is 3.26. The van der Waals surface area contributed by atoms with Crippen LogP contribution in [0.15, 0.2) is 23.1 Å². The van der Waals surface area contributed by atoms with E-state index in [1.54, 1.807) is 26.1 Å². The summed E-state index contributed by atoms with van der Waals surface area (Å²) in [6, 6.07) is 4.73. The number of ether oxygens (including phenoxy) is 1. The SMILES string of the molecule is Cc1ccc(OCc2nnn(C)n2)c(S(N)(=O)=O)c1. The summed E-state index contributed by atoms with van der Waals surface area (Å²) < 4.78 is 28.3. The number of primary sulfonamides is 1. The molecule has 0 aliphatic rings. The first-order valence-corrected chi connectivity index (χ1v) is 6.90. The number of sulfonamides is 1. The summed E-state index contributed by atoms with van der Waals surface area (Å²) in [7, 11) is -2.22. The Balaban J connectivity index is 2.25. The van der Waals surface area contributed by atoms with E-state index in [0.29, 0.717) is 5.82 Å². The molecule has 1 aromatic heterocycles. The Labute approximate surface area is 110 Å². The highest BCUT2D eigenvalue weighted by Crippen LogP contribution is 2.24. The van der Waals surface area contributed by atoms with Gasteiger partial charge in [0.05, 0.1) is 7.05 Å². The molecule has 2 rings (SSSR count). The van der Waals surface area contributed by atoms with Crippen LogP contribution in [0.2, 0.25) is 0 Å². The largest absolute Gasteiger partial charge is 0.484 e. The van der Waals surface area contributed by atoms with Gasteiger partial charge in [-0.3, -0.25) is 0 Å². The van der Waals surface area contributed by atoms with Crippen molar-refractivity contribution in [3.8, 4) is 5.75 Å². The Morgan fingerprint density at radius 1 is 1.42 bits per heavy atom. The van der Waals surface area contributed by atoms with E-state index in [4.69, 9.17) is 9.88 Å². The zero-order valence-corrected chi connectivity index (χ0v) is 11.3. The van der Waals surface area contributed by atoms with Crippen molar-refractivity contribution in [3.05, 3.63) is 29.6 Å². The molecule has 1 aromatic carbocycles. The lowest BCUT2D eigenvalue weighted by atomic mass is 10.2. The topological polar surface area (TPSA) is 113 Å². The Kier molecular flexibility index (Phi) is 3.49. The monoisotopic (exact) mass is 283 g/mol. The number of hydrogen-bond acceptors (Lipinski definition) is 6. The van der Waals surface area contributed by atoms with E-state index >= 15 is 0 Å². The molecule has 0 saturated carbocycles. The molecule has 8 nitrogen and oxygen atoms in total. The van der Waals surface area contributed by atoms with Gasteiger partial charge in [-0.2, -0.15) is 4.80 Å². The first-order valence-electron chi connectivity index (χ1n) is 5.35. The van der Waals surface area contributed by atoms with Crippen molar-refractivity contribution < 1.29 is 13.2 Å². The van der Waals surface area contributed by atoms with Gasteiger partial charge >= 0.3 is 0 Å². The van der Waals surface area contributed by atoms with Crippen molar-refractivity contribution in [2.45, 2.75) is 18.4 Å². The van der Waals surface area contributed by atoms with Crippen molar-refractivity contribution in [2.24, 2.45) is 12.2 Å². The van der Waals surface area contributed by atoms with E-state index in [9.17, 15) is 8.42 Å². The van der Waals surface area contributed by atoms with Gasteiger partial charge in [0.1, 0.15) is 10.6 Å². The van der Waals surface area contributed by atoms with Crippen molar-refractivity contribution in [1.82, 2.24) is 20.2 Å². The average Bonchev–Trinajstić information content (AvgIpc) is 2.72. The van der Waals surface area contributed by atoms with E-state index in [1.165, 1.54) is 10.9 Å². The van der Waals surface area contributed by atoms with Crippen molar-refractivity contribution in [1.29, 1.82) is 0 Å². The lowest BCUT2D eigenvalue weighted by Gasteiger charge is -2.09. The molecule has 0 radical (unpaired) electrons. The van der Waals surface area contributed by atoms with Gasteiger partial charge in [-0.05, 0) is 29.8 Å². The minimum atomic E-state index is -3.84. The van der Waals surface area contributed by atoms with Gasteiger partial charge in [-0.1, -0.05) is 6.07 Å². The van der Waals surface area contributed by atoms with Crippen LogP contribution >= 0.6 is 0 Å². The molecule has 0 aliphatic carbocycles. The van der Waals surface area contributed by atoms with Crippen LogP contribution in [0, 0.1) is 6.92 Å². The summed E-state index contributed by atoms with van der Waals surface area (Å²) in [6.45, 7) is 1.78. The summed E-state index contributed by atoms with van der Waals surface area (Å²) in [5.41, 5.74) is 0.772. The summed E-state index contributed by atoms with van der Waals surface area (Å²) in [5, 5.41) is 16.5. The minimum absolute atomic E-state index is 0.0133. The van der Waals surface area contributed by atoms with E-state index in [0.717, 1.165) is 5.56 Å². The van der Waals surface area contributed by atoms with Crippen molar-refractivity contribution in [2.75, 3.05) is 0 Å². The molecule has 19 heavy (non-hydrogen) atoms. The van der Waals surface area contributed by atoms with E-state index < -0.39 is 10.0 Å².